The highest BCUT2D eigenvalue weighted by atomic mass is 127. The van der Waals surface area contributed by atoms with Crippen molar-refractivity contribution in [1.82, 2.24) is 26.2 Å². The first-order chi connectivity index (χ1) is 23.7. The van der Waals surface area contributed by atoms with Gasteiger partial charge in [-0.15, -0.1) is 0 Å². The third-order valence-corrected chi connectivity index (χ3v) is 8.90. The van der Waals surface area contributed by atoms with E-state index in [9.17, 15) is 33.6 Å². The normalized spacial score (nSPS) is 15.4. The van der Waals surface area contributed by atoms with E-state index in [1.54, 1.807) is 38.1 Å². The molecule has 16 heteroatoms. The van der Waals surface area contributed by atoms with Crippen molar-refractivity contribution in [2.24, 2.45) is 17.6 Å². The Morgan fingerprint density at radius 1 is 0.900 bits per heavy atom. The first kappa shape index (κ1) is 42.2. The minimum absolute atomic E-state index is 0.0509. The minimum Gasteiger partial charge on any atom is -0.445 e. The standard InChI is InChI=1S/C34H52IN7O8/c1-21(2)15-17-38-34(49)50-20-23-11-13-24(14-12-23)39-30(45)26(9-8-16-37-33(36)48)40-31(46)29(22(3)4)41-27(43)10-6-5-7-18-42-28(44)19-25(35)32(42)47/h11-14,21-22,25-26,29H,5-10,15-20H2,1-4H3,(H,38,49)(H,39,45)(H,40,46)(H,41,43)(H3,36,37,48)/t25?,26-,29-/m0/s1. The summed E-state index contributed by atoms with van der Waals surface area (Å²) < 4.78 is 4.92. The first-order valence-electron chi connectivity index (χ1n) is 17.1. The molecule has 0 radical (unpaired) electrons. The number of benzene rings is 1. The Labute approximate surface area is 307 Å². The van der Waals surface area contributed by atoms with Gasteiger partial charge in [0, 0.05) is 38.2 Å². The molecule has 0 aliphatic carbocycles. The fourth-order valence-corrected chi connectivity index (χ4v) is 5.73. The molecule has 7 N–H and O–H groups in total. The summed E-state index contributed by atoms with van der Waals surface area (Å²) in [5, 5.41) is 13.5. The molecule has 0 aromatic heterocycles. The molecule has 1 aromatic rings. The lowest BCUT2D eigenvalue weighted by Crippen LogP contribution is -2.54. The number of hydrogen-bond acceptors (Lipinski definition) is 8. The second-order valence-electron chi connectivity index (χ2n) is 13.0. The van der Waals surface area contributed by atoms with E-state index < -0.39 is 36.0 Å². The molecule has 3 atom stereocenters. The number of likely N-dealkylation sites (tertiary alicyclic amines) is 1. The molecular weight excluding hydrogens is 761 g/mol. The number of urea groups is 1. The Morgan fingerprint density at radius 3 is 2.20 bits per heavy atom. The predicted octanol–water partition coefficient (Wildman–Crippen LogP) is 3.09. The Balaban J connectivity index is 1.92. The fourth-order valence-electron chi connectivity index (χ4n) is 5.02. The monoisotopic (exact) mass is 813 g/mol. The number of carbonyl (C=O) groups is 7. The molecule has 1 aliphatic heterocycles. The summed E-state index contributed by atoms with van der Waals surface area (Å²) in [5.74, 6) is -1.54. The van der Waals surface area contributed by atoms with Crippen LogP contribution in [0.15, 0.2) is 24.3 Å². The van der Waals surface area contributed by atoms with Gasteiger partial charge in [0.05, 0.1) is 3.92 Å². The zero-order valence-electron chi connectivity index (χ0n) is 29.3. The van der Waals surface area contributed by atoms with Gasteiger partial charge in [-0.25, -0.2) is 9.59 Å². The third kappa shape index (κ3) is 15.7. The van der Waals surface area contributed by atoms with Crippen LogP contribution in [0.5, 0.6) is 0 Å². The molecule has 0 saturated carbocycles. The average Bonchev–Trinajstić information content (AvgIpc) is 3.29. The molecule has 2 rings (SSSR count). The maximum absolute atomic E-state index is 13.4. The van der Waals surface area contributed by atoms with Gasteiger partial charge in [0.1, 0.15) is 18.7 Å². The van der Waals surface area contributed by atoms with Gasteiger partial charge in [-0.05, 0) is 61.6 Å². The maximum Gasteiger partial charge on any atom is 0.407 e. The van der Waals surface area contributed by atoms with Gasteiger partial charge in [0.2, 0.25) is 29.5 Å². The number of halogens is 1. The van der Waals surface area contributed by atoms with Crippen molar-refractivity contribution in [1.29, 1.82) is 0 Å². The van der Waals surface area contributed by atoms with E-state index in [0.29, 0.717) is 55.9 Å². The zero-order chi connectivity index (χ0) is 37.2. The number of unbranched alkanes of at least 4 members (excludes halogenated alkanes) is 2. The summed E-state index contributed by atoms with van der Waals surface area (Å²) in [6.45, 7) is 8.77. The van der Waals surface area contributed by atoms with Crippen LogP contribution in [0.2, 0.25) is 0 Å². The zero-order valence-corrected chi connectivity index (χ0v) is 31.5. The lowest BCUT2D eigenvalue weighted by Gasteiger charge is -2.25. The van der Waals surface area contributed by atoms with Gasteiger partial charge in [0.25, 0.3) is 0 Å². The Bertz CT molecular complexity index is 1320. The predicted molar refractivity (Wildman–Crippen MR) is 196 cm³/mol. The molecule has 50 heavy (non-hydrogen) atoms. The van der Waals surface area contributed by atoms with Gasteiger partial charge < -0.3 is 37.1 Å². The van der Waals surface area contributed by atoms with Gasteiger partial charge >= 0.3 is 12.1 Å². The highest BCUT2D eigenvalue weighted by Gasteiger charge is 2.36. The summed E-state index contributed by atoms with van der Waals surface area (Å²) in [7, 11) is 0. The van der Waals surface area contributed by atoms with Crippen LogP contribution in [-0.4, -0.2) is 82.2 Å². The van der Waals surface area contributed by atoms with Crippen molar-refractivity contribution in [3.05, 3.63) is 29.8 Å². The first-order valence-corrected chi connectivity index (χ1v) is 18.3. The number of alkyl halides is 1. The number of rotatable bonds is 21. The SMILES string of the molecule is CC(C)CCNC(=O)OCc1ccc(NC(=O)[C@H](CCCNC(N)=O)NC(=O)[C@@H](NC(=O)CCCCCN2C(=O)CC(I)C2=O)C(C)C)cc1. The van der Waals surface area contributed by atoms with Crippen molar-refractivity contribution >= 4 is 69.9 Å². The number of carbonyl (C=O) groups excluding carboxylic acids is 7. The number of primary amides is 1. The molecular formula is C34H52IN7O8. The fraction of sp³-hybridized carbons (Fsp3) is 0.618. The van der Waals surface area contributed by atoms with Crippen molar-refractivity contribution in [3.8, 4) is 0 Å². The summed E-state index contributed by atoms with van der Waals surface area (Å²) in [6.07, 6.45) is 2.93. The Kier molecular flexibility index (Phi) is 18.6. The number of imide groups is 1. The number of amides is 8. The molecule has 1 fully saturated rings. The van der Waals surface area contributed by atoms with E-state index in [2.05, 4.69) is 40.4 Å². The van der Waals surface area contributed by atoms with Crippen LogP contribution in [0.3, 0.4) is 0 Å². The number of nitrogens with one attached hydrogen (secondary N) is 5. The van der Waals surface area contributed by atoms with Crippen LogP contribution in [0.1, 0.15) is 84.6 Å². The van der Waals surface area contributed by atoms with Gasteiger partial charge in [0.15, 0.2) is 0 Å². The molecule has 278 valence electrons. The molecule has 1 heterocycles. The molecule has 1 aromatic carbocycles. The quantitative estimate of drug-likeness (QED) is 0.0468. The minimum atomic E-state index is -0.994. The number of nitrogens with two attached hydrogens (primary N) is 1. The smallest absolute Gasteiger partial charge is 0.407 e. The van der Waals surface area contributed by atoms with Crippen LogP contribution in [0.25, 0.3) is 0 Å². The van der Waals surface area contributed by atoms with E-state index in [1.165, 1.54) is 4.90 Å². The summed E-state index contributed by atoms with van der Waals surface area (Å²) in [6, 6.07) is 4.10. The topological polar surface area (TPSA) is 218 Å². The maximum atomic E-state index is 13.4. The Hall–Kier alpha value is -3.96. The van der Waals surface area contributed by atoms with Crippen LogP contribution >= 0.6 is 22.6 Å². The number of ether oxygens (including phenoxy) is 1. The molecule has 0 bridgehead atoms. The summed E-state index contributed by atoms with van der Waals surface area (Å²) >= 11 is 1.97. The van der Waals surface area contributed by atoms with Crippen LogP contribution in [-0.2, 0) is 35.3 Å². The van der Waals surface area contributed by atoms with Gasteiger partial charge in [-0.1, -0.05) is 68.8 Å². The summed E-state index contributed by atoms with van der Waals surface area (Å²) in [5.41, 5.74) is 6.32. The lowest BCUT2D eigenvalue weighted by molar-refractivity contribution is -0.138. The van der Waals surface area contributed by atoms with Crippen molar-refractivity contribution in [3.63, 3.8) is 0 Å². The number of anilines is 1. The van der Waals surface area contributed by atoms with Crippen molar-refractivity contribution in [2.75, 3.05) is 25.0 Å². The number of hydrogen-bond donors (Lipinski definition) is 6. The third-order valence-electron chi connectivity index (χ3n) is 7.92. The van der Waals surface area contributed by atoms with E-state index in [1.807, 2.05) is 22.6 Å². The molecule has 0 spiro atoms. The second-order valence-corrected chi connectivity index (χ2v) is 14.5. The lowest BCUT2D eigenvalue weighted by atomic mass is 10.0. The van der Waals surface area contributed by atoms with E-state index in [0.717, 1.165) is 6.42 Å². The van der Waals surface area contributed by atoms with Gasteiger partial charge in [-0.2, -0.15) is 0 Å². The highest BCUT2D eigenvalue weighted by Crippen LogP contribution is 2.21. The second kappa shape index (κ2) is 22.0. The largest absolute Gasteiger partial charge is 0.445 e. The van der Waals surface area contributed by atoms with Crippen molar-refractivity contribution in [2.45, 2.75) is 102 Å². The van der Waals surface area contributed by atoms with Crippen LogP contribution < -0.4 is 32.3 Å². The average molecular weight is 814 g/mol. The molecule has 8 amide bonds. The number of alkyl carbamates (subject to hydrolysis) is 1. The molecule has 1 unspecified atom stereocenters. The van der Waals surface area contributed by atoms with E-state index >= 15 is 0 Å². The molecule has 1 aliphatic rings. The molecule has 15 nitrogen and oxygen atoms in total. The summed E-state index contributed by atoms with van der Waals surface area (Å²) in [4.78, 5) is 87.8. The van der Waals surface area contributed by atoms with Crippen molar-refractivity contribution < 1.29 is 38.3 Å². The van der Waals surface area contributed by atoms with Gasteiger partial charge in [-0.3, -0.25) is 28.9 Å². The highest BCUT2D eigenvalue weighted by molar-refractivity contribution is 14.1. The number of nitrogens with zero attached hydrogens (tertiary/aromatic N) is 1. The van der Waals surface area contributed by atoms with E-state index in [-0.39, 0.29) is 60.0 Å². The molecule has 1 saturated heterocycles. The Morgan fingerprint density at radius 2 is 1.60 bits per heavy atom. The van der Waals surface area contributed by atoms with E-state index in [4.69, 9.17) is 10.5 Å². The van der Waals surface area contributed by atoms with Crippen LogP contribution in [0.4, 0.5) is 15.3 Å². The van der Waals surface area contributed by atoms with Crippen LogP contribution in [0, 0.1) is 11.8 Å².